The number of nitrogens with one attached hydrogen (secondary N) is 1. The van der Waals surface area contributed by atoms with Crippen molar-refractivity contribution < 1.29 is 18.0 Å². The Kier molecular flexibility index (Phi) is 12.0. The number of hydrogen-bond donors (Lipinski definition) is 1. The Morgan fingerprint density at radius 2 is 1.49 bits per heavy atom. The van der Waals surface area contributed by atoms with Gasteiger partial charge in [-0.3, -0.25) is 13.9 Å². The molecule has 41 heavy (non-hydrogen) atoms. The number of sulfonamides is 1. The van der Waals surface area contributed by atoms with E-state index in [0.29, 0.717) is 25.1 Å². The number of rotatable bonds is 15. The van der Waals surface area contributed by atoms with Crippen molar-refractivity contribution in [2.45, 2.75) is 65.5 Å². The predicted molar refractivity (Wildman–Crippen MR) is 166 cm³/mol. The minimum atomic E-state index is -3.55. The first-order valence-corrected chi connectivity index (χ1v) is 16.1. The summed E-state index contributed by atoms with van der Waals surface area (Å²) in [5.74, 6) is -0.367. The summed E-state index contributed by atoms with van der Waals surface area (Å²) in [6, 6.07) is 24.2. The van der Waals surface area contributed by atoms with Gasteiger partial charge >= 0.3 is 0 Å². The van der Waals surface area contributed by atoms with E-state index in [4.69, 9.17) is 0 Å². The highest BCUT2D eigenvalue weighted by molar-refractivity contribution is 7.92. The van der Waals surface area contributed by atoms with Crippen molar-refractivity contribution >= 4 is 27.5 Å². The number of aryl methyl sites for hydroxylation is 2. The lowest BCUT2D eigenvalue weighted by Crippen LogP contribution is -2.50. The van der Waals surface area contributed by atoms with E-state index in [1.54, 1.807) is 11.0 Å². The van der Waals surface area contributed by atoms with E-state index in [-0.39, 0.29) is 31.3 Å². The van der Waals surface area contributed by atoms with Crippen molar-refractivity contribution in [3.8, 4) is 0 Å². The van der Waals surface area contributed by atoms with Gasteiger partial charge in [0, 0.05) is 32.5 Å². The normalized spacial score (nSPS) is 12.0. The van der Waals surface area contributed by atoms with Crippen molar-refractivity contribution in [2.24, 2.45) is 0 Å². The van der Waals surface area contributed by atoms with Gasteiger partial charge in [-0.2, -0.15) is 0 Å². The second-order valence-electron chi connectivity index (χ2n) is 10.6. The van der Waals surface area contributed by atoms with Crippen LogP contribution in [0.2, 0.25) is 0 Å². The molecular weight excluding hydrogens is 534 g/mol. The molecule has 8 heteroatoms. The van der Waals surface area contributed by atoms with Crippen LogP contribution in [0.4, 0.5) is 5.69 Å². The van der Waals surface area contributed by atoms with E-state index in [2.05, 4.69) is 12.2 Å². The van der Waals surface area contributed by atoms with Gasteiger partial charge in [-0.05, 0) is 61.1 Å². The Morgan fingerprint density at radius 1 is 0.854 bits per heavy atom. The molecule has 0 fully saturated rings. The van der Waals surface area contributed by atoms with Crippen LogP contribution in [0.25, 0.3) is 0 Å². The maximum absolute atomic E-state index is 13.9. The molecule has 7 nitrogen and oxygen atoms in total. The first-order chi connectivity index (χ1) is 19.6. The van der Waals surface area contributed by atoms with Gasteiger partial charge in [-0.25, -0.2) is 8.42 Å². The number of hydrogen-bond acceptors (Lipinski definition) is 4. The van der Waals surface area contributed by atoms with Gasteiger partial charge < -0.3 is 10.2 Å². The van der Waals surface area contributed by atoms with Crippen molar-refractivity contribution in [3.63, 3.8) is 0 Å². The highest BCUT2D eigenvalue weighted by Crippen LogP contribution is 2.23. The van der Waals surface area contributed by atoms with Gasteiger partial charge in [0.05, 0.1) is 11.9 Å². The largest absolute Gasteiger partial charge is 0.354 e. The first kappa shape index (κ1) is 31.9. The summed E-state index contributed by atoms with van der Waals surface area (Å²) in [7, 11) is -3.55. The summed E-state index contributed by atoms with van der Waals surface area (Å²) in [6.07, 6.45) is 3.80. The molecule has 3 rings (SSSR count). The number of benzene rings is 3. The van der Waals surface area contributed by atoms with Crippen LogP contribution >= 0.6 is 0 Å². The Bertz CT molecular complexity index is 1380. The molecule has 0 saturated heterocycles. The molecule has 0 heterocycles. The minimum Gasteiger partial charge on any atom is -0.354 e. The maximum Gasteiger partial charge on any atom is 0.243 e. The molecule has 0 aliphatic rings. The van der Waals surface area contributed by atoms with Gasteiger partial charge in [-0.1, -0.05) is 80.1 Å². The van der Waals surface area contributed by atoms with Gasteiger partial charge in [0.1, 0.15) is 6.04 Å². The molecule has 3 aromatic rings. The van der Waals surface area contributed by atoms with Gasteiger partial charge in [-0.15, -0.1) is 0 Å². The van der Waals surface area contributed by atoms with Crippen LogP contribution in [0.5, 0.6) is 0 Å². The van der Waals surface area contributed by atoms with Crippen molar-refractivity contribution in [1.82, 2.24) is 10.2 Å². The van der Waals surface area contributed by atoms with Crippen LogP contribution in [0.3, 0.4) is 0 Å². The number of amides is 2. The molecule has 0 aliphatic heterocycles. The standard InChI is InChI=1S/C33H43N3O4S/c1-5-6-21-34-33(38)31(24-28-14-9-7-10-15-28)35(25-29-16-11-8-12-17-29)32(37)18-13-22-36(41(4,39)40)30-20-19-26(2)27(3)23-30/h7-12,14-17,19-20,23,31H,5-6,13,18,21-22,24-25H2,1-4H3,(H,34,38). The molecule has 0 radical (unpaired) electrons. The van der Waals surface area contributed by atoms with Crippen LogP contribution in [0, 0.1) is 13.8 Å². The predicted octanol–water partition coefficient (Wildman–Crippen LogP) is 5.41. The third kappa shape index (κ3) is 9.74. The molecule has 1 unspecified atom stereocenters. The molecule has 0 spiro atoms. The van der Waals surface area contributed by atoms with Crippen LogP contribution in [-0.4, -0.2) is 50.5 Å². The van der Waals surface area contributed by atoms with Crippen LogP contribution < -0.4 is 9.62 Å². The second-order valence-corrected chi connectivity index (χ2v) is 12.5. The lowest BCUT2D eigenvalue weighted by Gasteiger charge is -2.32. The van der Waals surface area contributed by atoms with Crippen LogP contribution in [0.1, 0.15) is 54.9 Å². The summed E-state index contributed by atoms with van der Waals surface area (Å²) < 4.78 is 26.7. The van der Waals surface area contributed by atoms with E-state index in [0.717, 1.165) is 35.1 Å². The molecule has 220 valence electrons. The van der Waals surface area contributed by atoms with Crippen LogP contribution in [0.15, 0.2) is 78.9 Å². The molecule has 1 atom stereocenters. The smallest absolute Gasteiger partial charge is 0.243 e. The third-order valence-electron chi connectivity index (χ3n) is 7.23. The second kappa shape index (κ2) is 15.4. The summed E-state index contributed by atoms with van der Waals surface area (Å²) in [5.41, 5.74) is 4.55. The fraction of sp³-hybridized carbons (Fsp3) is 0.394. The molecule has 0 bridgehead atoms. The Hall–Kier alpha value is -3.65. The van der Waals surface area contributed by atoms with E-state index in [9.17, 15) is 18.0 Å². The molecule has 0 aliphatic carbocycles. The number of unbranched alkanes of at least 4 members (excludes halogenated alkanes) is 1. The Balaban J connectivity index is 1.85. The zero-order valence-electron chi connectivity index (χ0n) is 24.7. The van der Waals surface area contributed by atoms with E-state index < -0.39 is 16.1 Å². The highest BCUT2D eigenvalue weighted by Gasteiger charge is 2.30. The lowest BCUT2D eigenvalue weighted by atomic mass is 10.0. The molecular formula is C33H43N3O4S. The molecule has 3 aromatic carbocycles. The van der Waals surface area contributed by atoms with E-state index in [1.807, 2.05) is 86.6 Å². The Morgan fingerprint density at radius 3 is 2.07 bits per heavy atom. The topological polar surface area (TPSA) is 86.8 Å². The van der Waals surface area contributed by atoms with Crippen molar-refractivity contribution in [2.75, 3.05) is 23.7 Å². The number of nitrogens with zero attached hydrogens (tertiary/aromatic N) is 2. The fourth-order valence-corrected chi connectivity index (χ4v) is 5.68. The van der Waals surface area contributed by atoms with Crippen molar-refractivity contribution in [3.05, 3.63) is 101 Å². The maximum atomic E-state index is 13.9. The summed E-state index contributed by atoms with van der Waals surface area (Å²) >= 11 is 0. The zero-order valence-corrected chi connectivity index (χ0v) is 25.5. The summed E-state index contributed by atoms with van der Waals surface area (Å²) in [5, 5.41) is 3.03. The lowest BCUT2D eigenvalue weighted by molar-refractivity contribution is -0.141. The van der Waals surface area contributed by atoms with Gasteiger partial charge in [0.25, 0.3) is 0 Å². The van der Waals surface area contributed by atoms with Crippen molar-refractivity contribution in [1.29, 1.82) is 0 Å². The number of carbonyl (C=O) groups excluding carboxylic acids is 2. The van der Waals surface area contributed by atoms with E-state index in [1.165, 1.54) is 10.6 Å². The summed E-state index contributed by atoms with van der Waals surface area (Å²) in [4.78, 5) is 29.0. The highest BCUT2D eigenvalue weighted by atomic mass is 32.2. The van der Waals surface area contributed by atoms with Gasteiger partial charge in [0.2, 0.25) is 21.8 Å². The fourth-order valence-electron chi connectivity index (χ4n) is 4.72. The average Bonchev–Trinajstić information content (AvgIpc) is 2.95. The number of carbonyl (C=O) groups is 2. The SMILES string of the molecule is CCCCNC(=O)C(Cc1ccccc1)N(Cc1ccccc1)C(=O)CCCN(c1ccc(C)c(C)c1)S(C)(=O)=O. The molecule has 0 saturated carbocycles. The first-order valence-electron chi connectivity index (χ1n) is 14.3. The third-order valence-corrected chi connectivity index (χ3v) is 8.42. The quantitative estimate of drug-likeness (QED) is 0.245. The van der Waals surface area contributed by atoms with Crippen LogP contribution in [-0.2, 0) is 32.6 Å². The number of anilines is 1. The Labute approximate surface area is 245 Å². The molecule has 0 aromatic heterocycles. The van der Waals surface area contributed by atoms with E-state index >= 15 is 0 Å². The van der Waals surface area contributed by atoms with Gasteiger partial charge in [0.15, 0.2) is 0 Å². The molecule has 1 N–H and O–H groups in total. The molecule has 2 amide bonds. The summed E-state index contributed by atoms with van der Waals surface area (Å²) in [6.45, 7) is 6.99. The average molecular weight is 578 g/mol. The monoisotopic (exact) mass is 577 g/mol. The zero-order chi connectivity index (χ0) is 29.8. The minimum absolute atomic E-state index is 0.108.